The fourth-order valence-electron chi connectivity index (χ4n) is 2.66. The summed E-state index contributed by atoms with van der Waals surface area (Å²) in [6.07, 6.45) is 3.43. The van der Waals surface area contributed by atoms with Crippen molar-refractivity contribution in [3.63, 3.8) is 0 Å². The first kappa shape index (κ1) is 12.6. The van der Waals surface area contributed by atoms with E-state index in [1.165, 1.54) is 5.56 Å². The van der Waals surface area contributed by atoms with Gasteiger partial charge in [-0.15, -0.1) is 0 Å². The summed E-state index contributed by atoms with van der Waals surface area (Å²) in [6, 6.07) is 11.3. The lowest BCUT2D eigenvalue weighted by atomic mass is 9.95. The van der Waals surface area contributed by atoms with Crippen molar-refractivity contribution in [2.75, 3.05) is 19.7 Å². The highest BCUT2D eigenvalue weighted by molar-refractivity contribution is 5.15. The third kappa shape index (κ3) is 3.55. The van der Waals surface area contributed by atoms with E-state index in [2.05, 4.69) is 42.2 Å². The van der Waals surface area contributed by atoms with Crippen LogP contribution in [0.5, 0.6) is 0 Å². The molecule has 17 heavy (non-hydrogen) atoms. The normalized spacial score (nSPS) is 20.4. The Kier molecular flexibility index (Phi) is 4.57. The van der Waals surface area contributed by atoms with Crippen LogP contribution in [0.2, 0.25) is 0 Å². The molecule has 0 aromatic heterocycles. The Hall–Kier alpha value is -0.860. The predicted octanol–water partition coefficient (Wildman–Crippen LogP) is 2.32. The number of benzene rings is 1. The molecule has 0 amide bonds. The third-order valence-corrected chi connectivity index (χ3v) is 3.90. The lowest BCUT2D eigenvalue weighted by molar-refractivity contribution is 0.106. The zero-order chi connectivity index (χ0) is 12.1. The summed E-state index contributed by atoms with van der Waals surface area (Å²) in [6.45, 7) is 4.95. The molecule has 0 bridgehead atoms. The minimum Gasteiger partial charge on any atom is -0.396 e. The van der Waals surface area contributed by atoms with Gasteiger partial charge in [0, 0.05) is 12.6 Å². The van der Waals surface area contributed by atoms with Gasteiger partial charge in [0.05, 0.1) is 0 Å². The molecule has 2 rings (SSSR count). The molecule has 94 valence electrons. The van der Waals surface area contributed by atoms with E-state index in [9.17, 15) is 0 Å². The Morgan fingerprint density at radius 2 is 1.88 bits per heavy atom. The Labute approximate surface area is 104 Å². The number of rotatable bonds is 4. The molecule has 1 fully saturated rings. The van der Waals surface area contributed by atoms with E-state index in [1.54, 1.807) is 0 Å². The topological polar surface area (TPSA) is 23.5 Å². The van der Waals surface area contributed by atoms with E-state index >= 15 is 0 Å². The molecule has 1 aromatic rings. The van der Waals surface area contributed by atoms with Crippen molar-refractivity contribution < 1.29 is 5.11 Å². The number of piperidine rings is 1. The van der Waals surface area contributed by atoms with Gasteiger partial charge in [0.2, 0.25) is 0 Å². The minimum absolute atomic E-state index is 0.362. The van der Waals surface area contributed by atoms with Crippen molar-refractivity contribution in [2.24, 2.45) is 5.92 Å². The van der Waals surface area contributed by atoms with Crippen LogP contribution < -0.4 is 0 Å². The van der Waals surface area contributed by atoms with Gasteiger partial charge in [0.15, 0.2) is 0 Å². The molecule has 2 heteroatoms. The van der Waals surface area contributed by atoms with Crippen LogP contribution in [-0.2, 0) is 6.42 Å². The van der Waals surface area contributed by atoms with Crippen molar-refractivity contribution in [2.45, 2.75) is 32.2 Å². The molecule has 1 aliphatic heterocycles. The number of aliphatic hydroxyl groups excluding tert-OH is 1. The first-order chi connectivity index (χ1) is 8.29. The molecule has 1 atom stereocenters. The molecule has 1 aliphatic rings. The van der Waals surface area contributed by atoms with Gasteiger partial charge in [-0.05, 0) is 50.8 Å². The average Bonchev–Trinajstić information content (AvgIpc) is 2.40. The first-order valence-corrected chi connectivity index (χ1v) is 6.68. The van der Waals surface area contributed by atoms with E-state index < -0.39 is 0 Å². The van der Waals surface area contributed by atoms with Gasteiger partial charge in [0.1, 0.15) is 0 Å². The summed E-state index contributed by atoms with van der Waals surface area (Å²) in [7, 11) is 0. The van der Waals surface area contributed by atoms with Crippen molar-refractivity contribution >= 4 is 0 Å². The van der Waals surface area contributed by atoms with Crippen LogP contribution in [0, 0.1) is 5.92 Å². The van der Waals surface area contributed by atoms with E-state index in [0.29, 0.717) is 18.6 Å². The number of hydrogen-bond donors (Lipinski definition) is 1. The van der Waals surface area contributed by atoms with E-state index in [0.717, 1.165) is 32.4 Å². The molecular weight excluding hydrogens is 210 g/mol. The molecule has 0 unspecified atom stereocenters. The summed E-state index contributed by atoms with van der Waals surface area (Å²) in [5, 5.41) is 9.13. The van der Waals surface area contributed by atoms with Crippen LogP contribution in [0.15, 0.2) is 30.3 Å². The quantitative estimate of drug-likeness (QED) is 0.862. The van der Waals surface area contributed by atoms with E-state index in [4.69, 9.17) is 5.11 Å². The molecule has 0 saturated carbocycles. The van der Waals surface area contributed by atoms with Crippen LogP contribution in [0.4, 0.5) is 0 Å². The summed E-state index contributed by atoms with van der Waals surface area (Å²) >= 11 is 0. The number of nitrogens with zero attached hydrogens (tertiary/aromatic N) is 1. The molecule has 0 aliphatic carbocycles. The fraction of sp³-hybridized carbons (Fsp3) is 0.600. The van der Waals surface area contributed by atoms with Gasteiger partial charge >= 0.3 is 0 Å². The van der Waals surface area contributed by atoms with Gasteiger partial charge in [-0.3, -0.25) is 0 Å². The van der Waals surface area contributed by atoms with Gasteiger partial charge < -0.3 is 10.0 Å². The molecule has 1 N–H and O–H groups in total. The maximum atomic E-state index is 9.13. The smallest absolute Gasteiger partial charge is 0.0460 e. The van der Waals surface area contributed by atoms with Gasteiger partial charge in [-0.2, -0.15) is 0 Å². The second kappa shape index (κ2) is 6.18. The molecule has 1 heterocycles. The zero-order valence-corrected chi connectivity index (χ0v) is 10.7. The van der Waals surface area contributed by atoms with Crippen LogP contribution >= 0.6 is 0 Å². The maximum Gasteiger partial charge on any atom is 0.0460 e. The second-order valence-corrected chi connectivity index (χ2v) is 5.20. The molecule has 0 spiro atoms. The molecule has 1 saturated heterocycles. The maximum absolute atomic E-state index is 9.13. The van der Waals surface area contributed by atoms with Gasteiger partial charge in [0.25, 0.3) is 0 Å². The molecule has 0 radical (unpaired) electrons. The number of aliphatic hydroxyl groups is 1. The highest BCUT2D eigenvalue weighted by Crippen LogP contribution is 2.19. The Bertz CT molecular complexity index is 317. The van der Waals surface area contributed by atoms with Crippen LogP contribution in [0.1, 0.15) is 25.3 Å². The lowest BCUT2D eigenvalue weighted by Gasteiger charge is -2.35. The highest BCUT2D eigenvalue weighted by Gasteiger charge is 2.22. The zero-order valence-electron chi connectivity index (χ0n) is 10.7. The Morgan fingerprint density at radius 3 is 2.47 bits per heavy atom. The SMILES string of the molecule is C[C@H](Cc1ccccc1)N1CCC(CO)CC1. The van der Waals surface area contributed by atoms with Gasteiger partial charge in [-0.1, -0.05) is 30.3 Å². The summed E-state index contributed by atoms with van der Waals surface area (Å²) < 4.78 is 0. The number of likely N-dealkylation sites (tertiary alicyclic amines) is 1. The second-order valence-electron chi connectivity index (χ2n) is 5.20. The van der Waals surface area contributed by atoms with Gasteiger partial charge in [-0.25, -0.2) is 0 Å². The summed E-state index contributed by atoms with van der Waals surface area (Å²) in [4.78, 5) is 2.55. The fourth-order valence-corrected chi connectivity index (χ4v) is 2.66. The molecule has 2 nitrogen and oxygen atoms in total. The van der Waals surface area contributed by atoms with Crippen molar-refractivity contribution in [3.8, 4) is 0 Å². The summed E-state index contributed by atoms with van der Waals surface area (Å²) in [5.41, 5.74) is 1.42. The van der Waals surface area contributed by atoms with E-state index in [1.807, 2.05) is 0 Å². The van der Waals surface area contributed by atoms with Crippen LogP contribution in [-0.4, -0.2) is 35.7 Å². The van der Waals surface area contributed by atoms with Crippen molar-refractivity contribution in [3.05, 3.63) is 35.9 Å². The monoisotopic (exact) mass is 233 g/mol. The molecule has 1 aromatic carbocycles. The van der Waals surface area contributed by atoms with Crippen molar-refractivity contribution in [1.82, 2.24) is 4.90 Å². The minimum atomic E-state index is 0.362. The standard InChI is InChI=1S/C15H23NO/c1-13(11-14-5-3-2-4-6-14)16-9-7-15(12-17)8-10-16/h2-6,13,15,17H,7-12H2,1H3/t13-/m1/s1. The first-order valence-electron chi connectivity index (χ1n) is 6.68. The predicted molar refractivity (Wildman–Crippen MR) is 71.0 cm³/mol. The lowest BCUT2D eigenvalue weighted by Crippen LogP contribution is -2.41. The Balaban J connectivity index is 1.83. The van der Waals surface area contributed by atoms with Crippen LogP contribution in [0.25, 0.3) is 0 Å². The number of hydrogen-bond acceptors (Lipinski definition) is 2. The Morgan fingerprint density at radius 1 is 1.24 bits per heavy atom. The van der Waals surface area contributed by atoms with E-state index in [-0.39, 0.29) is 0 Å². The highest BCUT2D eigenvalue weighted by atomic mass is 16.3. The largest absolute Gasteiger partial charge is 0.396 e. The van der Waals surface area contributed by atoms with Crippen molar-refractivity contribution in [1.29, 1.82) is 0 Å². The summed E-state index contributed by atoms with van der Waals surface area (Å²) in [5.74, 6) is 0.537. The third-order valence-electron chi connectivity index (χ3n) is 3.90. The van der Waals surface area contributed by atoms with Crippen LogP contribution in [0.3, 0.4) is 0 Å². The average molecular weight is 233 g/mol. The molecular formula is C15H23NO.